The van der Waals surface area contributed by atoms with Crippen LogP contribution < -0.4 is 10.1 Å². The zero-order chi connectivity index (χ0) is 21.0. The maximum atomic E-state index is 12.8. The van der Waals surface area contributed by atoms with E-state index in [9.17, 15) is 4.79 Å². The Kier molecular flexibility index (Phi) is 6.37. The van der Waals surface area contributed by atoms with Gasteiger partial charge in [0.05, 0.1) is 17.7 Å². The van der Waals surface area contributed by atoms with Crippen LogP contribution in [0.4, 0.5) is 0 Å². The first kappa shape index (κ1) is 20.6. The van der Waals surface area contributed by atoms with E-state index in [-0.39, 0.29) is 18.1 Å². The van der Waals surface area contributed by atoms with Gasteiger partial charge in [0.15, 0.2) is 0 Å². The molecule has 1 N–H and O–H groups in total. The van der Waals surface area contributed by atoms with Gasteiger partial charge in [0.1, 0.15) is 0 Å². The summed E-state index contributed by atoms with van der Waals surface area (Å²) < 4.78 is 7.77. The zero-order valence-corrected chi connectivity index (χ0v) is 17.8. The van der Waals surface area contributed by atoms with Crippen LogP contribution >= 0.6 is 0 Å². The summed E-state index contributed by atoms with van der Waals surface area (Å²) in [5, 5.41) is 3.00. The Hall–Kier alpha value is -3.08. The number of aromatic nitrogens is 2. The van der Waals surface area contributed by atoms with Crippen molar-refractivity contribution in [2.45, 2.75) is 53.3 Å². The van der Waals surface area contributed by atoms with Gasteiger partial charge in [-0.15, -0.1) is 0 Å². The molecule has 0 bridgehead atoms. The number of pyridine rings is 1. The molecule has 0 saturated heterocycles. The largest absolute Gasteiger partial charge is 0.475 e. The minimum absolute atomic E-state index is 0.0767. The molecule has 0 aliphatic rings. The van der Waals surface area contributed by atoms with Crippen LogP contribution in [-0.4, -0.2) is 21.6 Å². The van der Waals surface area contributed by atoms with Crippen LogP contribution in [0.3, 0.4) is 0 Å². The Morgan fingerprint density at radius 2 is 1.83 bits per heavy atom. The van der Waals surface area contributed by atoms with Crippen LogP contribution in [-0.2, 0) is 6.54 Å². The minimum Gasteiger partial charge on any atom is -0.475 e. The van der Waals surface area contributed by atoms with E-state index in [0.29, 0.717) is 18.0 Å². The zero-order valence-electron chi connectivity index (χ0n) is 17.8. The number of nitrogens with zero attached hydrogens (tertiary/aromatic N) is 2. The molecule has 1 atom stereocenters. The number of benzene rings is 1. The summed E-state index contributed by atoms with van der Waals surface area (Å²) in [6, 6.07) is 16.2. The molecule has 1 aromatic carbocycles. The van der Waals surface area contributed by atoms with E-state index >= 15 is 0 Å². The summed E-state index contributed by atoms with van der Waals surface area (Å²) in [5.74, 6) is 0.514. The highest BCUT2D eigenvalue weighted by molar-refractivity contribution is 5.95. The minimum atomic E-state index is -0.0767. The van der Waals surface area contributed by atoms with Gasteiger partial charge in [-0.1, -0.05) is 36.4 Å². The van der Waals surface area contributed by atoms with Crippen LogP contribution in [0, 0.1) is 13.8 Å². The first-order valence-corrected chi connectivity index (χ1v) is 10.00. The Labute approximate surface area is 172 Å². The molecule has 0 radical (unpaired) electrons. The van der Waals surface area contributed by atoms with E-state index in [1.54, 1.807) is 6.20 Å². The number of carbonyl (C=O) groups is 1. The smallest absolute Gasteiger partial charge is 0.253 e. The maximum absolute atomic E-state index is 12.8. The molecule has 0 fully saturated rings. The normalized spacial score (nSPS) is 12.1. The van der Waals surface area contributed by atoms with Gasteiger partial charge in [0.25, 0.3) is 5.91 Å². The fourth-order valence-electron chi connectivity index (χ4n) is 3.59. The van der Waals surface area contributed by atoms with Gasteiger partial charge in [-0.2, -0.15) is 0 Å². The van der Waals surface area contributed by atoms with Gasteiger partial charge < -0.3 is 14.6 Å². The van der Waals surface area contributed by atoms with E-state index < -0.39 is 0 Å². The van der Waals surface area contributed by atoms with Crippen molar-refractivity contribution in [2.75, 3.05) is 0 Å². The lowest BCUT2D eigenvalue weighted by Crippen LogP contribution is -2.23. The van der Waals surface area contributed by atoms with Crippen molar-refractivity contribution in [1.29, 1.82) is 0 Å². The Morgan fingerprint density at radius 3 is 2.45 bits per heavy atom. The number of nitrogens with one attached hydrogen (secondary N) is 1. The monoisotopic (exact) mass is 391 g/mol. The average Bonchev–Trinajstić information content (AvgIpc) is 3.01. The molecule has 29 heavy (non-hydrogen) atoms. The van der Waals surface area contributed by atoms with Gasteiger partial charge in [-0.3, -0.25) is 4.79 Å². The number of carbonyl (C=O) groups excluding carboxylic acids is 1. The van der Waals surface area contributed by atoms with Gasteiger partial charge in [-0.25, -0.2) is 4.98 Å². The molecule has 2 heterocycles. The lowest BCUT2D eigenvalue weighted by molar-refractivity contribution is 0.0950. The fourth-order valence-corrected chi connectivity index (χ4v) is 3.59. The highest BCUT2D eigenvalue weighted by atomic mass is 16.5. The second-order valence-electron chi connectivity index (χ2n) is 7.60. The number of hydrogen-bond acceptors (Lipinski definition) is 3. The van der Waals surface area contributed by atoms with E-state index in [1.165, 1.54) is 5.56 Å². The number of hydrogen-bond donors (Lipinski definition) is 1. The summed E-state index contributed by atoms with van der Waals surface area (Å²) in [6.45, 7) is 10.5. The van der Waals surface area contributed by atoms with Crippen molar-refractivity contribution in [3.63, 3.8) is 0 Å². The number of ether oxygens (including phenoxy) is 1. The summed E-state index contributed by atoms with van der Waals surface area (Å²) >= 11 is 0. The predicted octanol–water partition coefficient (Wildman–Crippen LogP) is 4.83. The van der Waals surface area contributed by atoms with Crippen LogP contribution in [0.2, 0.25) is 0 Å². The summed E-state index contributed by atoms with van der Waals surface area (Å²) in [5.41, 5.74) is 4.89. The van der Waals surface area contributed by atoms with Crippen molar-refractivity contribution in [3.8, 4) is 5.88 Å². The van der Waals surface area contributed by atoms with E-state index in [2.05, 4.69) is 33.9 Å². The first-order chi connectivity index (χ1) is 13.9. The molecule has 3 aromatic rings. The highest BCUT2D eigenvalue weighted by Gasteiger charge is 2.19. The van der Waals surface area contributed by atoms with E-state index in [4.69, 9.17) is 4.74 Å². The standard InChI is InChI=1S/C24H29N3O2/c1-16(2)29-23-12-11-20(14-25-23)15-26-24(28)22-13-17(3)27(19(22)5)18(4)21-9-7-6-8-10-21/h6-14,16,18H,15H2,1-5H3,(H,26,28). The van der Waals surface area contributed by atoms with Crippen LogP contribution in [0.25, 0.3) is 0 Å². The third-order valence-electron chi connectivity index (χ3n) is 5.01. The molecule has 3 rings (SSSR count). The van der Waals surface area contributed by atoms with Crippen LogP contribution in [0.5, 0.6) is 5.88 Å². The predicted molar refractivity (Wildman–Crippen MR) is 115 cm³/mol. The van der Waals surface area contributed by atoms with E-state index in [1.807, 2.05) is 64.1 Å². The van der Waals surface area contributed by atoms with Crippen molar-refractivity contribution in [2.24, 2.45) is 0 Å². The van der Waals surface area contributed by atoms with Crippen molar-refractivity contribution in [1.82, 2.24) is 14.9 Å². The molecule has 5 nitrogen and oxygen atoms in total. The number of amides is 1. The fraction of sp³-hybridized carbons (Fsp3) is 0.333. The second kappa shape index (κ2) is 8.95. The summed E-state index contributed by atoms with van der Waals surface area (Å²) in [6.07, 6.45) is 1.82. The Morgan fingerprint density at radius 1 is 1.10 bits per heavy atom. The quantitative estimate of drug-likeness (QED) is 0.628. The lowest BCUT2D eigenvalue weighted by Gasteiger charge is -2.19. The Balaban J connectivity index is 1.70. The van der Waals surface area contributed by atoms with Crippen LogP contribution in [0.1, 0.15) is 59.7 Å². The topological polar surface area (TPSA) is 56.1 Å². The molecule has 1 unspecified atom stereocenters. The first-order valence-electron chi connectivity index (χ1n) is 10.00. The lowest BCUT2D eigenvalue weighted by atomic mass is 10.1. The molecular formula is C24H29N3O2. The van der Waals surface area contributed by atoms with Crippen LogP contribution in [0.15, 0.2) is 54.7 Å². The molecular weight excluding hydrogens is 362 g/mol. The summed E-state index contributed by atoms with van der Waals surface area (Å²) in [7, 11) is 0. The molecule has 152 valence electrons. The molecule has 1 amide bonds. The average molecular weight is 392 g/mol. The van der Waals surface area contributed by atoms with Crippen molar-refractivity contribution >= 4 is 5.91 Å². The molecule has 0 aliphatic heterocycles. The number of aryl methyl sites for hydroxylation is 1. The third-order valence-corrected chi connectivity index (χ3v) is 5.01. The highest BCUT2D eigenvalue weighted by Crippen LogP contribution is 2.25. The van der Waals surface area contributed by atoms with Gasteiger partial charge >= 0.3 is 0 Å². The molecule has 5 heteroatoms. The summed E-state index contributed by atoms with van der Waals surface area (Å²) in [4.78, 5) is 17.1. The number of rotatable bonds is 7. The maximum Gasteiger partial charge on any atom is 0.253 e. The van der Waals surface area contributed by atoms with Crippen molar-refractivity contribution < 1.29 is 9.53 Å². The van der Waals surface area contributed by atoms with Gasteiger partial charge in [0.2, 0.25) is 5.88 Å². The molecule has 0 spiro atoms. The third kappa shape index (κ3) is 4.86. The van der Waals surface area contributed by atoms with Crippen molar-refractivity contribution in [3.05, 3.63) is 82.8 Å². The molecule has 0 aliphatic carbocycles. The van der Waals surface area contributed by atoms with E-state index in [0.717, 1.165) is 17.0 Å². The molecule has 0 saturated carbocycles. The van der Waals surface area contributed by atoms with Gasteiger partial charge in [0, 0.05) is 30.2 Å². The second-order valence-corrected chi connectivity index (χ2v) is 7.60. The Bertz CT molecular complexity index is 960. The molecule has 2 aromatic heterocycles. The SMILES string of the molecule is Cc1cc(C(=O)NCc2ccc(OC(C)C)nc2)c(C)n1C(C)c1ccccc1. The van der Waals surface area contributed by atoms with Gasteiger partial charge in [-0.05, 0) is 51.8 Å².